The van der Waals surface area contributed by atoms with E-state index in [-0.39, 0.29) is 22.5 Å². The smallest absolute Gasteiger partial charge is 0.360 e. The van der Waals surface area contributed by atoms with E-state index >= 15 is 0 Å². The topological polar surface area (TPSA) is 60.4 Å². The summed E-state index contributed by atoms with van der Waals surface area (Å²) in [6, 6.07) is 14.1. The Morgan fingerprint density at radius 3 is 2.00 bits per heavy atom. The fraction of sp³-hybridized carbons (Fsp3) is 0.588. The molecule has 1 aliphatic heterocycles. The second-order valence-electron chi connectivity index (χ2n) is 12.9. The number of hydrazone groups is 1. The van der Waals surface area contributed by atoms with Gasteiger partial charge in [-0.25, -0.2) is 4.79 Å². The van der Waals surface area contributed by atoms with Crippen LogP contribution in [0.2, 0.25) is 0 Å². The van der Waals surface area contributed by atoms with Gasteiger partial charge >= 0.3 is 5.97 Å². The van der Waals surface area contributed by atoms with Crippen molar-refractivity contribution in [3.63, 3.8) is 0 Å². The Morgan fingerprint density at radius 1 is 0.950 bits per heavy atom. The minimum atomic E-state index is -0.424. The normalized spacial score (nSPS) is 16.8. The number of esters is 1. The minimum absolute atomic E-state index is 0.0994. The Morgan fingerprint density at radius 2 is 1.52 bits per heavy atom. The molecule has 3 rings (SSSR count). The minimum Gasteiger partial charge on any atom is -0.497 e. The highest BCUT2D eigenvalue weighted by molar-refractivity contribution is 6.37. The third kappa shape index (κ3) is 7.06. The van der Waals surface area contributed by atoms with E-state index in [0.29, 0.717) is 17.9 Å². The predicted molar refractivity (Wildman–Crippen MR) is 164 cm³/mol. The zero-order chi connectivity index (χ0) is 29.7. The van der Waals surface area contributed by atoms with Gasteiger partial charge in [-0.3, -0.25) is 5.01 Å². The van der Waals surface area contributed by atoms with Crippen LogP contribution in [0.25, 0.3) is 0 Å². The molecule has 1 saturated heterocycles. The number of carbonyl (C=O) groups excluding carboxylic acids is 1. The van der Waals surface area contributed by atoms with Gasteiger partial charge in [-0.15, -0.1) is 0 Å². The van der Waals surface area contributed by atoms with E-state index in [9.17, 15) is 4.79 Å². The fourth-order valence-electron chi connectivity index (χ4n) is 5.74. The van der Waals surface area contributed by atoms with E-state index in [4.69, 9.17) is 19.3 Å². The molecule has 1 aliphatic rings. The third-order valence-electron chi connectivity index (χ3n) is 8.24. The quantitative estimate of drug-likeness (QED) is 0.175. The Kier molecular flexibility index (Phi) is 10.1. The largest absolute Gasteiger partial charge is 0.497 e. The molecule has 0 spiro atoms. The summed E-state index contributed by atoms with van der Waals surface area (Å²) in [6.07, 6.45) is 4.13. The van der Waals surface area contributed by atoms with Crippen LogP contribution < -0.4 is 9.47 Å². The van der Waals surface area contributed by atoms with E-state index in [2.05, 4.69) is 60.4 Å². The maximum Gasteiger partial charge on any atom is 0.360 e. The molecule has 1 heterocycles. The van der Waals surface area contributed by atoms with E-state index in [1.54, 1.807) is 14.2 Å². The molecule has 1 fully saturated rings. The average molecular weight is 551 g/mol. The fourth-order valence-corrected chi connectivity index (χ4v) is 5.74. The van der Waals surface area contributed by atoms with Gasteiger partial charge in [0.05, 0.1) is 18.8 Å². The van der Waals surface area contributed by atoms with Crippen LogP contribution in [0, 0.1) is 0 Å². The zero-order valence-corrected chi connectivity index (χ0v) is 26.4. The number of methoxy groups -OCH3 is 2. The lowest BCUT2D eigenvalue weighted by Gasteiger charge is -2.40. The second kappa shape index (κ2) is 12.8. The lowest BCUT2D eigenvalue weighted by atomic mass is 9.79. The van der Waals surface area contributed by atoms with Crippen LogP contribution in [-0.4, -0.2) is 49.1 Å². The summed E-state index contributed by atoms with van der Waals surface area (Å²) in [5.74, 6) is 0.923. The Bertz CT molecular complexity index is 1130. The molecule has 0 unspecified atom stereocenters. The third-order valence-corrected chi connectivity index (χ3v) is 8.24. The molecular formula is C34H50N2O4. The van der Waals surface area contributed by atoms with Crippen molar-refractivity contribution in [3.8, 4) is 11.5 Å². The first kappa shape index (κ1) is 31.7. The second-order valence-corrected chi connectivity index (χ2v) is 12.9. The lowest BCUT2D eigenvalue weighted by molar-refractivity contribution is -0.127. The van der Waals surface area contributed by atoms with E-state index in [0.717, 1.165) is 54.7 Å². The summed E-state index contributed by atoms with van der Waals surface area (Å²) in [7, 11) is 3.46. The van der Waals surface area contributed by atoms with Gasteiger partial charge in [-0.05, 0) is 54.2 Å². The van der Waals surface area contributed by atoms with E-state index in [1.807, 2.05) is 42.5 Å². The molecule has 0 amide bonds. The SMILES string of the molecule is CCC(CC)(OC)[C@@H]1CCCN1/N=C(\Cc1ccccc1)C(=O)Oc1c(C(C)(C)C)cc(OC)cc1C(C)(C)C. The number of hydrogen-bond acceptors (Lipinski definition) is 6. The van der Waals surface area contributed by atoms with Gasteiger partial charge in [-0.1, -0.05) is 85.7 Å². The summed E-state index contributed by atoms with van der Waals surface area (Å²) < 4.78 is 18.1. The molecule has 0 N–H and O–H groups in total. The molecule has 0 aromatic heterocycles. The molecule has 6 heteroatoms. The number of nitrogens with zero attached hydrogens (tertiary/aromatic N) is 2. The summed E-state index contributed by atoms with van der Waals surface area (Å²) in [5.41, 5.74) is 2.40. The van der Waals surface area contributed by atoms with Crippen molar-refractivity contribution < 1.29 is 19.0 Å². The first-order valence-corrected chi connectivity index (χ1v) is 14.7. The Labute approximate surface area is 242 Å². The Hall–Kier alpha value is -2.86. The van der Waals surface area contributed by atoms with Crippen molar-refractivity contribution in [3.05, 3.63) is 59.2 Å². The van der Waals surface area contributed by atoms with Crippen molar-refractivity contribution in [1.82, 2.24) is 5.01 Å². The van der Waals surface area contributed by atoms with Gasteiger partial charge in [-0.2, -0.15) is 5.10 Å². The summed E-state index contributed by atoms with van der Waals surface area (Å²) in [4.78, 5) is 14.1. The monoisotopic (exact) mass is 550 g/mol. The van der Waals surface area contributed by atoms with Crippen LogP contribution in [0.4, 0.5) is 0 Å². The molecule has 2 aromatic carbocycles. The lowest BCUT2D eigenvalue weighted by Crippen LogP contribution is -2.49. The molecule has 1 atom stereocenters. The zero-order valence-electron chi connectivity index (χ0n) is 26.4. The van der Waals surface area contributed by atoms with Gasteiger partial charge in [0.2, 0.25) is 0 Å². The maximum atomic E-state index is 14.1. The molecule has 40 heavy (non-hydrogen) atoms. The molecule has 6 nitrogen and oxygen atoms in total. The van der Waals surface area contributed by atoms with Crippen molar-refractivity contribution in [2.75, 3.05) is 20.8 Å². The molecule has 0 saturated carbocycles. The number of rotatable bonds is 10. The summed E-state index contributed by atoms with van der Waals surface area (Å²) >= 11 is 0. The molecule has 0 bridgehead atoms. The molecule has 0 radical (unpaired) electrons. The van der Waals surface area contributed by atoms with Crippen molar-refractivity contribution >= 4 is 11.7 Å². The molecular weight excluding hydrogens is 500 g/mol. The van der Waals surface area contributed by atoms with Gasteiger partial charge in [0.15, 0.2) is 5.71 Å². The van der Waals surface area contributed by atoms with Crippen LogP contribution in [0.1, 0.15) is 97.8 Å². The Balaban J connectivity index is 2.12. The highest BCUT2D eigenvalue weighted by Crippen LogP contribution is 2.43. The van der Waals surface area contributed by atoms with Crippen molar-refractivity contribution in [2.45, 2.75) is 110 Å². The standard InChI is InChI=1S/C34H50N2O4/c1-11-34(12-2,39-10)29-19-16-20-36(29)35-28(21-24-17-14-13-15-18-24)31(37)40-30-26(32(3,4)5)22-25(38-9)23-27(30)33(6,7)8/h13-15,17-18,22-23,29H,11-12,16,19-21H2,1-10H3/b35-28+/t29-/m0/s1. The van der Waals surface area contributed by atoms with Crippen molar-refractivity contribution in [1.29, 1.82) is 0 Å². The van der Waals surface area contributed by atoms with Crippen LogP contribution in [-0.2, 0) is 26.8 Å². The number of benzene rings is 2. The number of hydrogen-bond donors (Lipinski definition) is 0. The van der Waals surface area contributed by atoms with Crippen LogP contribution >= 0.6 is 0 Å². The summed E-state index contributed by atoms with van der Waals surface area (Å²) in [6.45, 7) is 17.9. The van der Waals surface area contributed by atoms with Crippen LogP contribution in [0.15, 0.2) is 47.6 Å². The number of ether oxygens (including phenoxy) is 3. The highest BCUT2D eigenvalue weighted by atomic mass is 16.5. The average Bonchev–Trinajstić information content (AvgIpc) is 3.37. The van der Waals surface area contributed by atoms with E-state index in [1.165, 1.54) is 0 Å². The van der Waals surface area contributed by atoms with Crippen LogP contribution in [0.5, 0.6) is 11.5 Å². The molecule has 2 aromatic rings. The molecule has 0 aliphatic carbocycles. The van der Waals surface area contributed by atoms with Gasteiger partial charge in [0, 0.05) is 31.2 Å². The van der Waals surface area contributed by atoms with Gasteiger partial charge < -0.3 is 14.2 Å². The maximum absolute atomic E-state index is 14.1. The van der Waals surface area contributed by atoms with Crippen LogP contribution in [0.3, 0.4) is 0 Å². The molecule has 220 valence electrons. The van der Waals surface area contributed by atoms with Crippen molar-refractivity contribution in [2.24, 2.45) is 5.10 Å². The first-order chi connectivity index (χ1) is 18.8. The predicted octanol–water partition coefficient (Wildman–Crippen LogP) is 7.46. The summed E-state index contributed by atoms with van der Waals surface area (Å²) in [5, 5.41) is 7.13. The highest BCUT2D eigenvalue weighted by Gasteiger charge is 2.42. The van der Waals surface area contributed by atoms with E-state index < -0.39 is 5.97 Å². The number of carbonyl (C=O) groups is 1. The first-order valence-electron chi connectivity index (χ1n) is 14.7. The van der Waals surface area contributed by atoms with Gasteiger partial charge in [0.1, 0.15) is 11.5 Å². The van der Waals surface area contributed by atoms with Gasteiger partial charge in [0.25, 0.3) is 0 Å².